The van der Waals surface area contributed by atoms with E-state index in [1.54, 1.807) is 0 Å². The third-order valence-electron chi connectivity index (χ3n) is 7.30. The summed E-state index contributed by atoms with van der Waals surface area (Å²) < 4.78 is 3.56. The molecule has 33 heavy (non-hydrogen) atoms. The van der Waals surface area contributed by atoms with E-state index >= 15 is 0 Å². The Hall–Kier alpha value is -1.95. The average molecular weight is 482 g/mol. The van der Waals surface area contributed by atoms with Crippen molar-refractivity contribution in [1.29, 1.82) is 0 Å². The Morgan fingerprint density at radius 2 is 1.52 bits per heavy atom. The monoisotopic (exact) mass is 481 g/mol. The van der Waals surface area contributed by atoms with E-state index in [1.165, 1.54) is 88.2 Å². The summed E-state index contributed by atoms with van der Waals surface area (Å²) in [5.41, 5.74) is 1.26. The van der Waals surface area contributed by atoms with E-state index in [0.29, 0.717) is 0 Å². The molecule has 176 valence electrons. The van der Waals surface area contributed by atoms with Crippen LogP contribution in [0.1, 0.15) is 50.5 Å². The summed E-state index contributed by atoms with van der Waals surface area (Å²) in [4.78, 5) is 6.60. The molecule has 0 amide bonds. The van der Waals surface area contributed by atoms with E-state index in [2.05, 4.69) is 91.2 Å². The smallest absolute Gasteiger partial charge is 0.169 e. The lowest BCUT2D eigenvalue weighted by atomic mass is 10.2. The first kappa shape index (κ1) is 24.2. The molecule has 4 rings (SSSR count). The molecule has 0 aliphatic carbocycles. The summed E-state index contributed by atoms with van der Waals surface area (Å²) in [5, 5.41) is 1.43. The maximum absolute atomic E-state index is 2.52. The molecule has 1 aliphatic rings. The van der Waals surface area contributed by atoms with Gasteiger partial charge in [0.05, 0.1) is 37.6 Å². The second-order valence-electron chi connectivity index (χ2n) is 9.10. The number of hydrogen-bond donors (Lipinski definition) is 0. The van der Waals surface area contributed by atoms with Crippen LogP contribution in [0, 0.1) is 0 Å². The lowest BCUT2D eigenvalue weighted by Gasteiger charge is -2.35. The largest absolute Gasteiger partial charge is 0.363 e. The average Bonchev–Trinajstić information content (AvgIpc) is 3.63. The van der Waals surface area contributed by atoms with Crippen molar-refractivity contribution >= 4 is 39.8 Å². The van der Waals surface area contributed by atoms with Gasteiger partial charge < -0.3 is 9.38 Å². The van der Waals surface area contributed by atoms with E-state index in [9.17, 15) is 0 Å². The molecule has 0 atom stereocenters. The zero-order valence-electron chi connectivity index (χ0n) is 20.5. The van der Waals surface area contributed by atoms with Gasteiger partial charge in [0.2, 0.25) is 0 Å². The fraction of sp³-hybridized carbons (Fsp3) is 0.464. The lowest BCUT2D eigenvalue weighted by molar-refractivity contribution is -0.925. The van der Waals surface area contributed by atoms with Crippen molar-refractivity contribution in [2.24, 2.45) is 0 Å². The number of hydrogen-bond acceptors (Lipinski definition) is 3. The van der Waals surface area contributed by atoms with Gasteiger partial charge in [-0.3, -0.25) is 0 Å². The Balaban J connectivity index is 1.31. The number of anilines is 1. The van der Waals surface area contributed by atoms with Crippen molar-refractivity contribution in [3.8, 4) is 9.75 Å². The topological polar surface area (TPSA) is 7.12 Å². The van der Waals surface area contributed by atoms with Gasteiger partial charge in [-0.15, -0.1) is 22.7 Å². The second kappa shape index (κ2) is 11.5. The van der Waals surface area contributed by atoms with Gasteiger partial charge in [0.25, 0.3) is 0 Å². The zero-order valence-corrected chi connectivity index (χ0v) is 22.1. The number of aromatic nitrogens is 1. The first-order valence-electron chi connectivity index (χ1n) is 12.6. The van der Waals surface area contributed by atoms with Gasteiger partial charge >= 0.3 is 0 Å². The quantitative estimate of drug-likeness (QED) is 0.216. The molecule has 1 saturated heterocycles. The molecule has 0 spiro atoms. The van der Waals surface area contributed by atoms with Gasteiger partial charge in [-0.1, -0.05) is 6.08 Å². The molecule has 0 radical (unpaired) electrons. The van der Waals surface area contributed by atoms with Gasteiger partial charge in [-0.05, 0) is 69.5 Å². The Kier molecular flexibility index (Phi) is 8.39. The first-order valence-corrected chi connectivity index (χ1v) is 14.3. The molecule has 3 aromatic heterocycles. The van der Waals surface area contributed by atoms with Crippen LogP contribution in [0.4, 0.5) is 5.00 Å². The second-order valence-corrected chi connectivity index (χ2v) is 11.3. The van der Waals surface area contributed by atoms with Crippen LogP contribution in [0.2, 0.25) is 0 Å². The minimum Gasteiger partial charge on any atom is -0.363 e. The Morgan fingerprint density at radius 1 is 0.848 bits per heavy atom. The van der Waals surface area contributed by atoms with Crippen LogP contribution >= 0.6 is 22.7 Å². The molecule has 3 nitrogen and oxygen atoms in total. The number of rotatable bonds is 11. The predicted molar refractivity (Wildman–Crippen MR) is 146 cm³/mol. The van der Waals surface area contributed by atoms with Crippen LogP contribution in [0.3, 0.4) is 0 Å². The third kappa shape index (κ3) is 6.14. The molecule has 0 N–H and O–H groups in total. The highest BCUT2D eigenvalue weighted by Crippen LogP contribution is 2.38. The number of pyridine rings is 1. The normalized spacial score (nSPS) is 14.6. The van der Waals surface area contributed by atoms with Gasteiger partial charge in [0, 0.05) is 39.9 Å². The van der Waals surface area contributed by atoms with Crippen LogP contribution in [0.5, 0.6) is 0 Å². The lowest BCUT2D eigenvalue weighted by Crippen LogP contribution is -2.49. The molecule has 4 heterocycles. The summed E-state index contributed by atoms with van der Waals surface area (Å²) in [7, 11) is 0. The molecule has 0 unspecified atom stereocenters. The number of nitrogens with zero attached hydrogens (tertiary/aromatic N) is 3. The molecule has 1 aliphatic heterocycles. The summed E-state index contributed by atoms with van der Waals surface area (Å²) in [6, 6.07) is 13.6. The van der Waals surface area contributed by atoms with E-state index in [1.807, 2.05) is 22.7 Å². The van der Waals surface area contributed by atoms with Crippen LogP contribution in [-0.2, 0) is 6.54 Å². The Bertz CT molecular complexity index is 1010. The molecule has 5 heteroatoms. The zero-order chi connectivity index (χ0) is 23.1. The van der Waals surface area contributed by atoms with Crippen molar-refractivity contribution in [2.45, 2.75) is 46.6 Å². The summed E-state index contributed by atoms with van der Waals surface area (Å²) in [6.45, 7) is 15.5. The molecular formula is C28H39N3S2+2. The fourth-order valence-corrected chi connectivity index (χ4v) is 6.84. The van der Waals surface area contributed by atoms with Gasteiger partial charge in [0.15, 0.2) is 18.9 Å². The molecule has 0 bridgehead atoms. The van der Waals surface area contributed by atoms with Gasteiger partial charge in [-0.25, -0.2) is 4.57 Å². The van der Waals surface area contributed by atoms with Gasteiger partial charge in [-0.2, -0.15) is 0 Å². The molecule has 3 aromatic rings. The fourth-order valence-electron chi connectivity index (χ4n) is 4.78. The molecule has 0 aromatic carbocycles. The maximum Gasteiger partial charge on any atom is 0.169 e. The minimum absolute atomic E-state index is 1.10. The predicted octanol–water partition coefficient (Wildman–Crippen LogP) is 6.80. The summed E-state index contributed by atoms with van der Waals surface area (Å²) >= 11 is 3.82. The van der Waals surface area contributed by atoms with Gasteiger partial charge in [0.1, 0.15) is 0 Å². The number of quaternary nitrogens is 1. The highest BCUT2D eigenvalue weighted by Gasteiger charge is 2.20. The SMILES string of the molecule is CC[N+](CC)(CC)CCC[n+]1ccc(C=Cc2ccc(-c3ccc(N4CCCC4)s3)s2)cc1. The van der Waals surface area contributed by atoms with Crippen molar-refractivity contribution in [3.63, 3.8) is 0 Å². The van der Waals surface area contributed by atoms with Crippen LogP contribution in [0.15, 0.2) is 48.8 Å². The van der Waals surface area contributed by atoms with E-state index < -0.39 is 0 Å². The van der Waals surface area contributed by atoms with Crippen LogP contribution in [-0.4, -0.2) is 43.8 Å². The van der Waals surface area contributed by atoms with Crippen LogP contribution < -0.4 is 9.47 Å². The van der Waals surface area contributed by atoms with Crippen molar-refractivity contribution in [2.75, 3.05) is 44.2 Å². The third-order valence-corrected chi connectivity index (χ3v) is 9.69. The summed E-state index contributed by atoms with van der Waals surface area (Å²) in [5.74, 6) is 0. The van der Waals surface area contributed by atoms with Crippen molar-refractivity contribution < 1.29 is 9.05 Å². The Morgan fingerprint density at radius 3 is 2.21 bits per heavy atom. The molecular weight excluding hydrogens is 442 g/mol. The highest BCUT2D eigenvalue weighted by molar-refractivity contribution is 7.24. The molecule has 0 saturated carbocycles. The number of thiophene rings is 2. The van der Waals surface area contributed by atoms with E-state index in [-0.39, 0.29) is 0 Å². The van der Waals surface area contributed by atoms with Crippen LogP contribution in [0.25, 0.3) is 21.9 Å². The molecule has 1 fully saturated rings. The van der Waals surface area contributed by atoms with E-state index in [0.717, 1.165) is 6.54 Å². The van der Waals surface area contributed by atoms with Crippen molar-refractivity contribution in [3.05, 3.63) is 59.2 Å². The Labute approximate surface area is 208 Å². The number of aryl methyl sites for hydroxylation is 1. The van der Waals surface area contributed by atoms with E-state index in [4.69, 9.17) is 0 Å². The van der Waals surface area contributed by atoms with Crippen molar-refractivity contribution in [1.82, 2.24) is 0 Å². The maximum atomic E-state index is 2.52. The highest BCUT2D eigenvalue weighted by atomic mass is 32.1. The minimum atomic E-state index is 1.10. The first-order chi connectivity index (χ1) is 16.1. The summed E-state index contributed by atoms with van der Waals surface area (Å²) in [6.07, 6.45) is 12.8. The standard InChI is InChI=1S/C28H39N3S2/c1-4-31(5-2,6-3)23-9-18-29-21-16-24(17-22-29)10-11-25-12-13-26(32-25)27-14-15-28(33-27)30-19-7-8-20-30/h10-17,21-22H,4-9,18-20,23H2,1-3H3/q+2.